The van der Waals surface area contributed by atoms with Crippen LogP contribution in [-0.4, -0.2) is 39.2 Å². The number of hydrogen-bond donors (Lipinski definition) is 2. The maximum atomic E-state index is 14.4. The van der Waals surface area contributed by atoms with Gasteiger partial charge in [0.15, 0.2) is 0 Å². The Morgan fingerprint density at radius 2 is 1.61 bits per heavy atom. The number of amides is 1. The molecule has 0 spiro atoms. The number of nitrogens with one attached hydrogen (secondary N) is 2. The van der Waals surface area contributed by atoms with Crippen molar-refractivity contribution in [1.82, 2.24) is 5.32 Å². The van der Waals surface area contributed by atoms with E-state index in [2.05, 4.69) is 30.0 Å². The molecule has 210 valence electrons. The molecule has 9 heteroatoms. The summed E-state index contributed by atoms with van der Waals surface area (Å²) in [4.78, 5) is 25.5. The van der Waals surface area contributed by atoms with Crippen molar-refractivity contribution in [3.8, 4) is 0 Å². The molecule has 0 saturated heterocycles. The molecule has 2 N–H and O–H groups in total. The van der Waals surface area contributed by atoms with Gasteiger partial charge in [0.2, 0.25) is 15.9 Å². The van der Waals surface area contributed by atoms with Crippen LogP contribution in [0.3, 0.4) is 0 Å². The number of carbonyl (C=O) groups is 2. The summed E-state index contributed by atoms with van der Waals surface area (Å²) in [6.45, 7) is 11.6. The molecule has 0 bridgehead atoms. The van der Waals surface area contributed by atoms with Crippen LogP contribution in [0.25, 0.3) is 0 Å². The van der Waals surface area contributed by atoms with E-state index in [9.17, 15) is 22.4 Å². The second-order valence-corrected chi connectivity index (χ2v) is 13.0. The lowest BCUT2D eigenvalue weighted by atomic mass is 9.93. The van der Waals surface area contributed by atoms with Crippen LogP contribution >= 0.6 is 0 Å². The summed E-state index contributed by atoms with van der Waals surface area (Å²) >= 11 is 0. The average molecular weight is 549 g/mol. The van der Waals surface area contributed by atoms with Gasteiger partial charge in [-0.15, -0.1) is 0 Å². The van der Waals surface area contributed by atoms with Crippen molar-refractivity contribution in [3.05, 3.63) is 65.0 Å². The van der Waals surface area contributed by atoms with Crippen LogP contribution in [-0.2, 0) is 37.2 Å². The highest BCUT2D eigenvalue weighted by atomic mass is 32.2. The Morgan fingerprint density at radius 3 is 2.13 bits per heavy atom. The zero-order valence-electron chi connectivity index (χ0n) is 23.4. The van der Waals surface area contributed by atoms with Crippen LogP contribution < -0.4 is 10.0 Å². The second kappa shape index (κ2) is 13.2. The third kappa shape index (κ3) is 10.1. The number of esters is 1. The van der Waals surface area contributed by atoms with E-state index >= 15 is 0 Å². The topological polar surface area (TPSA) is 102 Å². The van der Waals surface area contributed by atoms with Crippen LogP contribution in [0.2, 0.25) is 0 Å². The molecule has 0 fully saturated rings. The smallest absolute Gasteiger partial charge is 0.311 e. The Morgan fingerprint density at radius 1 is 1.00 bits per heavy atom. The Bertz CT molecular complexity index is 1220. The highest BCUT2D eigenvalue weighted by Gasteiger charge is 2.27. The minimum absolute atomic E-state index is 0.176. The number of anilines is 1. The van der Waals surface area contributed by atoms with Crippen LogP contribution in [0.15, 0.2) is 42.5 Å². The molecular formula is C29H41FN2O5S. The fourth-order valence-corrected chi connectivity index (χ4v) is 4.48. The third-order valence-corrected chi connectivity index (χ3v) is 6.62. The lowest BCUT2D eigenvalue weighted by molar-refractivity contribution is -0.158. The number of benzene rings is 2. The molecule has 0 aliphatic carbocycles. The number of carbonyl (C=O) groups excluding carboxylic acids is 2. The molecule has 1 unspecified atom stereocenters. The van der Waals surface area contributed by atoms with E-state index in [-0.39, 0.29) is 24.1 Å². The van der Waals surface area contributed by atoms with Gasteiger partial charge >= 0.3 is 5.97 Å². The van der Waals surface area contributed by atoms with E-state index < -0.39 is 33.3 Å². The molecule has 2 aromatic carbocycles. The van der Waals surface area contributed by atoms with Crippen LogP contribution in [0.4, 0.5) is 10.1 Å². The Kier molecular flexibility index (Phi) is 10.9. The summed E-state index contributed by atoms with van der Waals surface area (Å²) < 4.78 is 45.1. The molecule has 7 nitrogen and oxygen atoms in total. The third-order valence-electron chi connectivity index (χ3n) is 6.03. The molecule has 1 amide bonds. The molecular weight excluding hydrogens is 507 g/mol. The van der Waals surface area contributed by atoms with E-state index in [0.717, 1.165) is 24.3 Å². The maximum Gasteiger partial charge on any atom is 0.311 e. The van der Waals surface area contributed by atoms with Crippen molar-refractivity contribution in [1.29, 1.82) is 0 Å². The molecule has 0 radical (unpaired) electrons. The number of halogens is 1. The zero-order valence-corrected chi connectivity index (χ0v) is 24.2. The van der Waals surface area contributed by atoms with Crippen LogP contribution in [0.1, 0.15) is 70.6 Å². The van der Waals surface area contributed by atoms with Gasteiger partial charge in [0.25, 0.3) is 0 Å². The molecule has 2 rings (SSSR count). The molecule has 0 aromatic heterocycles. The van der Waals surface area contributed by atoms with E-state index in [1.165, 1.54) is 17.7 Å². The summed E-state index contributed by atoms with van der Waals surface area (Å²) in [6.07, 6.45) is 2.38. The minimum atomic E-state index is -3.62. The van der Waals surface area contributed by atoms with Gasteiger partial charge in [-0.05, 0) is 68.9 Å². The number of rotatable bonds is 12. The van der Waals surface area contributed by atoms with Gasteiger partial charge in [0.1, 0.15) is 11.9 Å². The first kappa shape index (κ1) is 31.3. The van der Waals surface area contributed by atoms with Gasteiger partial charge in [-0.25, -0.2) is 12.8 Å². The quantitative estimate of drug-likeness (QED) is 0.355. The number of sulfonamides is 1. The van der Waals surface area contributed by atoms with Crippen molar-refractivity contribution in [3.63, 3.8) is 0 Å². The Hall–Kier alpha value is -2.94. The first-order chi connectivity index (χ1) is 17.6. The Balaban J connectivity index is 2.09. The predicted molar refractivity (Wildman–Crippen MR) is 149 cm³/mol. The SMILES string of the molecule is CC(C)Cc1ccccc1CC(CCNC(=O)[C@H](C)c1ccc(NS(C)(=O)=O)c(F)c1)OC(=O)C(C)(C)C. The normalized spacial score (nSPS) is 13.6. The van der Waals surface area contributed by atoms with Gasteiger partial charge < -0.3 is 10.1 Å². The van der Waals surface area contributed by atoms with E-state index in [4.69, 9.17) is 4.74 Å². The van der Waals surface area contributed by atoms with E-state index in [1.807, 2.05) is 18.2 Å². The zero-order chi connectivity index (χ0) is 28.7. The van der Waals surface area contributed by atoms with Crippen LogP contribution in [0, 0.1) is 17.2 Å². The predicted octanol–water partition coefficient (Wildman–Crippen LogP) is 5.21. The molecule has 0 saturated carbocycles. The van der Waals surface area contributed by atoms with E-state index in [1.54, 1.807) is 27.7 Å². The maximum absolute atomic E-state index is 14.4. The fraction of sp³-hybridized carbons (Fsp3) is 0.517. The summed E-state index contributed by atoms with van der Waals surface area (Å²) in [7, 11) is -3.62. The summed E-state index contributed by atoms with van der Waals surface area (Å²) in [5.41, 5.74) is 1.91. The first-order valence-electron chi connectivity index (χ1n) is 12.9. The first-order valence-corrected chi connectivity index (χ1v) is 14.8. The lowest BCUT2D eigenvalue weighted by Crippen LogP contribution is -2.34. The van der Waals surface area contributed by atoms with E-state index in [0.29, 0.717) is 24.3 Å². The van der Waals surface area contributed by atoms with Crippen molar-refractivity contribution in [2.24, 2.45) is 11.3 Å². The summed E-state index contributed by atoms with van der Waals surface area (Å²) in [6, 6.07) is 12.1. The fourth-order valence-electron chi connectivity index (χ4n) is 3.92. The van der Waals surface area contributed by atoms with Gasteiger partial charge in [-0.3, -0.25) is 14.3 Å². The molecule has 2 atom stereocenters. The largest absolute Gasteiger partial charge is 0.462 e. The molecule has 38 heavy (non-hydrogen) atoms. The van der Waals surface area contributed by atoms with Crippen molar-refractivity contribution < 1.29 is 27.1 Å². The molecule has 0 heterocycles. The van der Waals surface area contributed by atoms with Crippen molar-refractivity contribution in [2.75, 3.05) is 17.5 Å². The highest BCUT2D eigenvalue weighted by molar-refractivity contribution is 7.92. The molecule has 0 aliphatic rings. The number of ether oxygens (including phenoxy) is 1. The van der Waals surface area contributed by atoms with Gasteiger partial charge in [-0.2, -0.15) is 0 Å². The minimum Gasteiger partial charge on any atom is -0.462 e. The van der Waals surface area contributed by atoms with Crippen molar-refractivity contribution >= 4 is 27.6 Å². The van der Waals surface area contributed by atoms with Gasteiger partial charge in [0.05, 0.1) is 23.3 Å². The van der Waals surface area contributed by atoms with Crippen LogP contribution in [0.5, 0.6) is 0 Å². The second-order valence-electron chi connectivity index (χ2n) is 11.3. The number of hydrogen-bond acceptors (Lipinski definition) is 5. The summed E-state index contributed by atoms with van der Waals surface area (Å²) in [5.74, 6) is -1.56. The monoisotopic (exact) mass is 548 g/mol. The Labute approximate surface area is 226 Å². The average Bonchev–Trinajstić information content (AvgIpc) is 2.79. The lowest BCUT2D eigenvalue weighted by Gasteiger charge is -2.25. The van der Waals surface area contributed by atoms with Gasteiger partial charge in [-0.1, -0.05) is 44.2 Å². The molecule has 2 aromatic rings. The molecule has 0 aliphatic heterocycles. The standard InChI is InChI=1S/C29H41FN2O5S/c1-19(2)16-22-10-8-9-11-23(22)17-24(37-28(34)29(4,5)6)14-15-31-27(33)20(3)21-12-13-26(25(30)18-21)32-38(7,35)36/h8-13,18-20,24,32H,14-17H2,1-7H3,(H,31,33)/t20-,24?/m1/s1. The highest BCUT2D eigenvalue weighted by Crippen LogP contribution is 2.24. The summed E-state index contributed by atoms with van der Waals surface area (Å²) in [5, 5.41) is 2.86. The van der Waals surface area contributed by atoms with Crippen molar-refractivity contribution in [2.45, 2.75) is 72.8 Å². The van der Waals surface area contributed by atoms with Gasteiger partial charge in [0, 0.05) is 19.4 Å².